The molecule has 0 aliphatic carbocycles. The molecule has 0 N–H and O–H groups in total. The third-order valence-corrected chi connectivity index (χ3v) is 5.54. The first-order valence-corrected chi connectivity index (χ1v) is 12.5. The lowest BCUT2D eigenvalue weighted by atomic mass is 9.98. The molecule has 0 rings (SSSR count). The number of carbonyl (C=O) groups is 1. The van der Waals surface area contributed by atoms with E-state index in [9.17, 15) is 4.79 Å². The SMILES string of the molecule is CCCCCCCC/C=C(\CCCCCCCC)CCCCCCOC(C)=O. The molecular formula is C26H50O2. The molecule has 0 unspecified atom stereocenters. The summed E-state index contributed by atoms with van der Waals surface area (Å²) in [5.74, 6) is -0.154. The highest BCUT2D eigenvalue weighted by molar-refractivity contribution is 5.65. The topological polar surface area (TPSA) is 26.3 Å². The summed E-state index contributed by atoms with van der Waals surface area (Å²) < 4.78 is 5.01. The number of ether oxygens (including phenoxy) is 1. The maximum Gasteiger partial charge on any atom is 0.302 e. The largest absolute Gasteiger partial charge is 0.466 e. The zero-order valence-electron chi connectivity index (χ0n) is 19.5. The summed E-state index contributed by atoms with van der Waals surface area (Å²) >= 11 is 0. The molecule has 0 heterocycles. The first kappa shape index (κ1) is 27.2. The van der Waals surface area contributed by atoms with Crippen LogP contribution in [0.5, 0.6) is 0 Å². The van der Waals surface area contributed by atoms with E-state index in [1.54, 1.807) is 5.57 Å². The van der Waals surface area contributed by atoms with Gasteiger partial charge in [0.15, 0.2) is 0 Å². The molecule has 166 valence electrons. The van der Waals surface area contributed by atoms with Crippen LogP contribution in [-0.4, -0.2) is 12.6 Å². The van der Waals surface area contributed by atoms with Crippen LogP contribution in [0.2, 0.25) is 0 Å². The Morgan fingerprint density at radius 3 is 1.64 bits per heavy atom. The van der Waals surface area contributed by atoms with Crippen molar-refractivity contribution in [1.82, 2.24) is 0 Å². The highest BCUT2D eigenvalue weighted by Crippen LogP contribution is 2.20. The third kappa shape index (κ3) is 21.5. The molecule has 0 radical (unpaired) electrons. The highest BCUT2D eigenvalue weighted by atomic mass is 16.5. The van der Waals surface area contributed by atoms with E-state index < -0.39 is 0 Å². The van der Waals surface area contributed by atoms with Crippen LogP contribution < -0.4 is 0 Å². The Hall–Kier alpha value is -0.790. The summed E-state index contributed by atoms with van der Waals surface area (Å²) in [6.07, 6.45) is 27.8. The normalized spacial score (nSPS) is 11.8. The quantitative estimate of drug-likeness (QED) is 0.110. The zero-order chi connectivity index (χ0) is 20.7. The summed E-state index contributed by atoms with van der Waals surface area (Å²) in [6.45, 7) is 6.65. The second-order valence-corrected chi connectivity index (χ2v) is 8.44. The van der Waals surface area contributed by atoms with Crippen LogP contribution in [0.15, 0.2) is 11.6 Å². The van der Waals surface area contributed by atoms with Gasteiger partial charge in [0.25, 0.3) is 0 Å². The van der Waals surface area contributed by atoms with Gasteiger partial charge in [0, 0.05) is 6.92 Å². The average molecular weight is 395 g/mol. The van der Waals surface area contributed by atoms with Crippen LogP contribution in [0.3, 0.4) is 0 Å². The van der Waals surface area contributed by atoms with Gasteiger partial charge in [-0.1, -0.05) is 103 Å². The van der Waals surface area contributed by atoms with Gasteiger partial charge in [-0.05, 0) is 44.9 Å². The van der Waals surface area contributed by atoms with Crippen molar-refractivity contribution < 1.29 is 9.53 Å². The molecule has 0 aromatic rings. The lowest BCUT2D eigenvalue weighted by molar-refractivity contribution is -0.141. The molecular weight excluding hydrogens is 344 g/mol. The second kappa shape index (κ2) is 22.5. The Morgan fingerprint density at radius 1 is 0.643 bits per heavy atom. The molecule has 0 saturated heterocycles. The fourth-order valence-corrected chi connectivity index (χ4v) is 3.72. The van der Waals surface area contributed by atoms with Crippen molar-refractivity contribution >= 4 is 5.97 Å². The van der Waals surface area contributed by atoms with Crippen molar-refractivity contribution in [3.05, 3.63) is 11.6 Å². The molecule has 0 atom stereocenters. The smallest absolute Gasteiger partial charge is 0.302 e. The van der Waals surface area contributed by atoms with Gasteiger partial charge in [0.1, 0.15) is 0 Å². The maximum absolute atomic E-state index is 10.8. The van der Waals surface area contributed by atoms with Crippen molar-refractivity contribution in [3.8, 4) is 0 Å². The van der Waals surface area contributed by atoms with E-state index in [-0.39, 0.29) is 5.97 Å². The Labute approximate surface area is 176 Å². The molecule has 28 heavy (non-hydrogen) atoms. The van der Waals surface area contributed by atoms with E-state index in [0.717, 1.165) is 6.42 Å². The Bertz CT molecular complexity index is 359. The minimum atomic E-state index is -0.154. The Balaban J connectivity index is 3.96. The molecule has 0 aromatic carbocycles. The lowest BCUT2D eigenvalue weighted by Gasteiger charge is -2.09. The van der Waals surface area contributed by atoms with Gasteiger partial charge in [-0.3, -0.25) is 4.79 Å². The molecule has 0 bridgehead atoms. The predicted molar refractivity (Wildman–Crippen MR) is 124 cm³/mol. The number of unbranched alkanes of at least 4 members (excludes halogenated alkanes) is 14. The van der Waals surface area contributed by atoms with E-state index in [2.05, 4.69) is 19.9 Å². The monoisotopic (exact) mass is 394 g/mol. The standard InChI is InChI=1S/C26H50O2/c1-4-6-8-10-12-14-18-22-26(21-17-13-11-9-7-5-2)23-19-15-16-20-24-28-25(3)27/h22H,4-21,23-24H2,1-3H3/b26-22+. The average Bonchev–Trinajstić information content (AvgIpc) is 2.68. The van der Waals surface area contributed by atoms with Crippen LogP contribution in [0.25, 0.3) is 0 Å². The van der Waals surface area contributed by atoms with Gasteiger partial charge >= 0.3 is 5.97 Å². The maximum atomic E-state index is 10.8. The van der Waals surface area contributed by atoms with E-state index in [4.69, 9.17) is 4.74 Å². The molecule has 0 amide bonds. The van der Waals surface area contributed by atoms with Gasteiger partial charge in [-0.2, -0.15) is 0 Å². The predicted octanol–water partition coefficient (Wildman–Crippen LogP) is 8.93. The Morgan fingerprint density at radius 2 is 1.11 bits per heavy atom. The van der Waals surface area contributed by atoms with Crippen molar-refractivity contribution in [1.29, 1.82) is 0 Å². The number of esters is 1. The van der Waals surface area contributed by atoms with Gasteiger partial charge < -0.3 is 4.74 Å². The molecule has 0 aliphatic heterocycles. The summed E-state index contributed by atoms with van der Waals surface area (Å²) in [5.41, 5.74) is 1.71. The highest BCUT2D eigenvalue weighted by Gasteiger charge is 2.01. The van der Waals surface area contributed by atoms with E-state index in [1.165, 1.54) is 122 Å². The van der Waals surface area contributed by atoms with Crippen LogP contribution in [0, 0.1) is 0 Å². The van der Waals surface area contributed by atoms with Crippen LogP contribution in [0.1, 0.15) is 143 Å². The third-order valence-electron chi connectivity index (χ3n) is 5.54. The van der Waals surface area contributed by atoms with Gasteiger partial charge in [0.05, 0.1) is 6.61 Å². The Kier molecular flexibility index (Phi) is 21.9. The van der Waals surface area contributed by atoms with Crippen molar-refractivity contribution in [2.24, 2.45) is 0 Å². The van der Waals surface area contributed by atoms with Gasteiger partial charge in [-0.25, -0.2) is 0 Å². The summed E-state index contributed by atoms with van der Waals surface area (Å²) in [4.78, 5) is 10.8. The minimum absolute atomic E-state index is 0.154. The summed E-state index contributed by atoms with van der Waals surface area (Å²) in [6, 6.07) is 0. The van der Waals surface area contributed by atoms with E-state index in [1.807, 2.05) is 0 Å². The molecule has 2 heteroatoms. The fourth-order valence-electron chi connectivity index (χ4n) is 3.72. The number of rotatable bonds is 21. The fraction of sp³-hybridized carbons (Fsp3) is 0.885. The number of hydrogen-bond acceptors (Lipinski definition) is 2. The summed E-state index contributed by atoms with van der Waals surface area (Å²) in [5, 5.41) is 0. The second-order valence-electron chi connectivity index (χ2n) is 8.44. The van der Waals surface area contributed by atoms with Crippen LogP contribution >= 0.6 is 0 Å². The molecule has 2 nitrogen and oxygen atoms in total. The van der Waals surface area contributed by atoms with E-state index in [0.29, 0.717) is 6.61 Å². The minimum Gasteiger partial charge on any atom is -0.466 e. The van der Waals surface area contributed by atoms with Gasteiger partial charge in [0.2, 0.25) is 0 Å². The zero-order valence-corrected chi connectivity index (χ0v) is 19.5. The lowest BCUT2D eigenvalue weighted by Crippen LogP contribution is -2.00. The van der Waals surface area contributed by atoms with E-state index >= 15 is 0 Å². The van der Waals surface area contributed by atoms with Crippen molar-refractivity contribution in [2.75, 3.05) is 6.61 Å². The molecule has 0 aliphatic rings. The number of hydrogen-bond donors (Lipinski definition) is 0. The molecule has 0 fully saturated rings. The molecule has 0 spiro atoms. The van der Waals surface area contributed by atoms with Gasteiger partial charge in [-0.15, -0.1) is 0 Å². The number of allylic oxidation sites excluding steroid dienone is 2. The van der Waals surface area contributed by atoms with Crippen LogP contribution in [0.4, 0.5) is 0 Å². The number of carbonyl (C=O) groups excluding carboxylic acids is 1. The first-order chi connectivity index (χ1) is 13.7. The molecule has 0 saturated carbocycles. The van der Waals surface area contributed by atoms with Crippen LogP contribution in [-0.2, 0) is 9.53 Å². The molecule has 0 aromatic heterocycles. The van der Waals surface area contributed by atoms with Crippen molar-refractivity contribution in [3.63, 3.8) is 0 Å². The first-order valence-electron chi connectivity index (χ1n) is 12.5. The van der Waals surface area contributed by atoms with Crippen molar-refractivity contribution in [2.45, 2.75) is 143 Å². The summed E-state index contributed by atoms with van der Waals surface area (Å²) in [7, 11) is 0.